The van der Waals surface area contributed by atoms with Gasteiger partial charge in [0.05, 0.1) is 6.57 Å². The Kier molecular flexibility index (Phi) is 2.30. The molecule has 0 aliphatic rings. The summed E-state index contributed by atoms with van der Waals surface area (Å²) in [6.07, 6.45) is 1.47. The highest BCUT2D eigenvalue weighted by atomic mass is 14.6. The summed E-state index contributed by atoms with van der Waals surface area (Å²) in [5.41, 5.74) is 3.74. The van der Waals surface area contributed by atoms with Gasteiger partial charge in [0.15, 0.2) is 5.69 Å². The second-order valence-corrected chi connectivity index (χ2v) is 2.77. The zero-order chi connectivity index (χ0) is 9.14. The summed E-state index contributed by atoms with van der Waals surface area (Å²) in [5.74, 6) is 0. The van der Waals surface area contributed by atoms with Gasteiger partial charge >= 0.3 is 0 Å². The number of nitrogens with zero attached hydrogens (tertiary/aromatic N) is 1. The molecule has 0 saturated heterocycles. The Balaban J connectivity index is 3.41. The Bertz CT molecular complexity index is 356. The predicted molar refractivity (Wildman–Crippen MR) is 50.9 cm³/mol. The molecule has 1 aromatic carbocycles. The van der Waals surface area contributed by atoms with Gasteiger partial charge in [-0.25, -0.2) is 4.85 Å². The largest absolute Gasteiger partial charge is 0.238 e. The molecule has 0 unspecified atom stereocenters. The Morgan fingerprint density at radius 1 is 1.33 bits per heavy atom. The molecule has 12 heavy (non-hydrogen) atoms. The molecule has 1 rings (SSSR count). The lowest BCUT2D eigenvalue weighted by Gasteiger charge is -2.03. The number of benzene rings is 1. The molecule has 0 amide bonds. The highest BCUT2D eigenvalue weighted by Crippen LogP contribution is 2.24. The minimum atomic E-state index is 0.626. The quantitative estimate of drug-likeness (QED) is 0.549. The summed E-state index contributed by atoms with van der Waals surface area (Å²) < 4.78 is 0. The molecule has 1 nitrogen and oxygen atoms in total. The molecule has 1 aromatic rings. The Labute approximate surface area is 73.2 Å². The van der Waals surface area contributed by atoms with Crippen molar-refractivity contribution in [1.29, 1.82) is 0 Å². The summed E-state index contributed by atoms with van der Waals surface area (Å²) in [5, 5.41) is 0. The average molecular weight is 156 g/mol. The smallest absolute Gasteiger partial charge is 0.194 e. The zero-order valence-electron chi connectivity index (χ0n) is 7.26. The lowest BCUT2D eigenvalue weighted by molar-refractivity contribution is 1.34. The van der Waals surface area contributed by atoms with Gasteiger partial charge in [0.2, 0.25) is 0 Å². The molecule has 0 atom stereocenters. The molecule has 0 heterocycles. The third kappa shape index (κ3) is 1.38. The highest BCUT2D eigenvalue weighted by Gasteiger charge is 2.00. The third-order valence-electron chi connectivity index (χ3n) is 1.94. The molecule has 1 heteroatoms. The average Bonchev–Trinajstić information content (AvgIpc) is 2.09. The van der Waals surface area contributed by atoms with Crippen molar-refractivity contribution in [2.45, 2.75) is 13.8 Å². The number of hydrogen-bond acceptors (Lipinski definition) is 0. The van der Waals surface area contributed by atoms with Gasteiger partial charge in [0, 0.05) is 0 Å². The molecule has 0 bridgehead atoms. The Morgan fingerprint density at radius 2 is 1.92 bits per heavy atom. The molecular weight excluding hydrogens is 146 g/mol. The number of aryl methyl sites for hydroxylation is 2. The topological polar surface area (TPSA) is 4.36 Å². The summed E-state index contributed by atoms with van der Waals surface area (Å²) in [7, 11) is 0. The minimum Gasteiger partial charge on any atom is -0.238 e. The van der Waals surface area contributed by atoms with Gasteiger partial charge in [-0.1, -0.05) is 35.9 Å². The molecule has 0 spiro atoms. The molecule has 1 radical (unpaired) electrons. The van der Waals surface area contributed by atoms with E-state index in [1.807, 2.05) is 26.0 Å². The van der Waals surface area contributed by atoms with Gasteiger partial charge < -0.3 is 0 Å². The van der Waals surface area contributed by atoms with Gasteiger partial charge in [-0.15, -0.1) is 0 Å². The highest BCUT2D eigenvalue weighted by molar-refractivity contribution is 5.67. The fourth-order valence-corrected chi connectivity index (χ4v) is 1.05. The van der Waals surface area contributed by atoms with Crippen LogP contribution in [0.2, 0.25) is 0 Å². The van der Waals surface area contributed by atoms with Crippen LogP contribution in [0.3, 0.4) is 0 Å². The van der Waals surface area contributed by atoms with Crippen LogP contribution >= 0.6 is 0 Å². The van der Waals surface area contributed by atoms with Crippen molar-refractivity contribution < 1.29 is 0 Å². The molecule has 0 aliphatic heterocycles. The van der Waals surface area contributed by atoms with Crippen LogP contribution in [0.5, 0.6) is 0 Å². The van der Waals surface area contributed by atoms with E-state index in [2.05, 4.69) is 4.85 Å². The fraction of sp³-hybridized carbons (Fsp3) is 0.182. The van der Waals surface area contributed by atoms with E-state index < -0.39 is 0 Å². The van der Waals surface area contributed by atoms with E-state index >= 15 is 0 Å². The Hall–Kier alpha value is -1.55. The summed E-state index contributed by atoms with van der Waals surface area (Å²) in [6.45, 7) is 16.3. The maximum Gasteiger partial charge on any atom is 0.194 e. The number of rotatable bonds is 1. The van der Waals surface area contributed by atoms with Gasteiger partial charge in [-0.2, -0.15) is 0 Å². The van der Waals surface area contributed by atoms with Crippen molar-refractivity contribution in [2.24, 2.45) is 0 Å². The van der Waals surface area contributed by atoms with E-state index in [0.717, 1.165) is 11.1 Å². The van der Waals surface area contributed by atoms with Crippen LogP contribution in [-0.2, 0) is 0 Å². The van der Waals surface area contributed by atoms with Crippen LogP contribution in [0.15, 0.2) is 12.1 Å². The van der Waals surface area contributed by atoms with Crippen molar-refractivity contribution in [3.63, 3.8) is 0 Å². The normalized spacial score (nSPS) is 9.08. The lowest BCUT2D eigenvalue weighted by atomic mass is 10.0. The van der Waals surface area contributed by atoms with Crippen molar-refractivity contribution in [3.05, 3.63) is 46.8 Å². The lowest BCUT2D eigenvalue weighted by Crippen LogP contribution is -1.82. The van der Waals surface area contributed by atoms with Crippen LogP contribution in [-0.4, -0.2) is 0 Å². The zero-order valence-corrected chi connectivity index (χ0v) is 7.26. The second kappa shape index (κ2) is 3.23. The molecule has 0 aromatic heterocycles. The van der Waals surface area contributed by atoms with Crippen molar-refractivity contribution in [3.8, 4) is 0 Å². The van der Waals surface area contributed by atoms with Gasteiger partial charge in [-0.3, -0.25) is 0 Å². The van der Waals surface area contributed by atoms with E-state index in [9.17, 15) is 0 Å². The molecule has 0 fully saturated rings. The monoisotopic (exact) mass is 156 g/mol. The summed E-state index contributed by atoms with van der Waals surface area (Å²) in [4.78, 5) is 3.38. The first-order valence-corrected chi connectivity index (χ1v) is 3.72. The van der Waals surface area contributed by atoms with Crippen LogP contribution in [0.1, 0.15) is 16.7 Å². The van der Waals surface area contributed by atoms with Crippen molar-refractivity contribution in [2.75, 3.05) is 0 Å². The van der Waals surface area contributed by atoms with Crippen LogP contribution in [0, 0.1) is 27.0 Å². The van der Waals surface area contributed by atoms with E-state index in [1.54, 1.807) is 0 Å². The van der Waals surface area contributed by atoms with Crippen molar-refractivity contribution >= 4 is 11.8 Å². The van der Waals surface area contributed by atoms with Crippen LogP contribution in [0.4, 0.5) is 5.69 Å². The van der Waals surface area contributed by atoms with Crippen molar-refractivity contribution in [1.82, 2.24) is 0 Å². The van der Waals surface area contributed by atoms with Crippen LogP contribution in [0.25, 0.3) is 10.9 Å². The fourth-order valence-electron chi connectivity index (χ4n) is 1.05. The van der Waals surface area contributed by atoms with Crippen LogP contribution < -0.4 is 0 Å². The second-order valence-electron chi connectivity index (χ2n) is 2.77. The van der Waals surface area contributed by atoms with Gasteiger partial charge in [-0.05, 0) is 19.4 Å². The Morgan fingerprint density at radius 3 is 2.42 bits per heavy atom. The molecular formula is C11H10N. The first-order chi connectivity index (χ1) is 5.69. The molecule has 0 N–H and O–H groups in total. The van der Waals surface area contributed by atoms with Gasteiger partial charge in [0.25, 0.3) is 0 Å². The van der Waals surface area contributed by atoms with Gasteiger partial charge in [0.1, 0.15) is 0 Å². The standard InChI is InChI=1S/C11H10N/c1-5-10-6-8(2)9(3)7-11(10)12-4/h1,5-7H,2-3H3. The minimum absolute atomic E-state index is 0.626. The summed E-state index contributed by atoms with van der Waals surface area (Å²) in [6, 6.07) is 3.80. The third-order valence-corrected chi connectivity index (χ3v) is 1.94. The maximum absolute atomic E-state index is 6.90. The predicted octanol–water partition coefficient (Wildman–Crippen LogP) is 3.30. The SMILES string of the molecule is [C-]#[N+]c1cc(C)c(C)cc1C=[CH]. The van der Waals surface area contributed by atoms with E-state index in [0.29, 0.717) is 5.69 Å². The molecule has 0 aliphatic carbocycles. The van der Waals surface area contributed by atoms with E-state index in [4.69, 9.17) is 13.2 Å². The first-order valence-electron chi connectivity index (χ1n) is 3.72. The maximum atomic E-state index is 6.90. The number of hydrogen-bond donors (Lipinski definition) is 0. The first kappa shape index (κ1) is 8.55. The summed E-state index contributed by atoms with van der Waals surface area (Å²) >= 11 is 0. The molecule has 0 saturated carbocycles. The molecule has 59 valence electrons. The van der Waals surface area contributed by atoms with E-state index in [1.165, 1.54) is 11.6 Å². The van der Waals surface area contributed by atoms with E-state index in [-0.39, 0.29) is 0 Å².